The number of hydrogen-bond acceptors (Lipinski definition) is 3. The molecule has 0 N–H and O–H groups in total. The normalized spacial score (nSPS) is 10.8. The second-order valence-electron chi connectivity index (χ2n) is 3.96. The quantitative estimate of drug-likeness (QED) is 0.366. The Hall–Kier alpha value is -2.86. The maximum absolute atomic E-state index is 13.0. The van der Waals surface area contributed by atoms with Crippen LogP contribution in [0.25, 0.3) is 10.4 Å². The molecule has 0 unspecified atom stereocenters. The van der Waals surface area contributed by atoms with E-state index < -0.39 is 23.1 Å². The second kappa shape index (κ2) is 5.64. The van der Waals surface area contributed by atoms with Crippen molar-refractivity contribution in [1.29, 1.82) is 0 Å². The van der Waals surface area contributed by atoms with Crippen molar-refractivity contribution >= 4 is 11.5 Å². The second-order valence-corrected chi connectivity index (χ2v) is 3.96. The molecule has 8 heteroatoms. The van der Waals surface area contributed by atoms with Gasteiger partial charge in [-0.2, -0.15) is 13.2 Å². The smallest absolute Gasteiger partial charge is 0.287 e. The van der Waals surface area contributed by atoms with Gasteiger partial charge in [-0.3, -0.25) is 9.78 Å². The number of azide groups is 1. The van der Waals surface area contributed by atoms with Crippen LogP contribution in [0.15, 0.2) is 47.7 Å². The van der Waals surface area contributed by atoms with Gasteiger partial charge in [0, 0.05) is 22.4 Å². The average molecular weight is 292 g/mol. The minimum absolute atomic E-state index is 0.0977. The van der Waals surface area contributed by atoms with Crippen LogP contribution in [-0.2, 0) is 6.18 Å². The first-order valence-corrected chi connectivity index (χ1v) is 5.65. The first-order chi connectivity index (χ1) is 9.93. The van der Waals surface area contributed by atoms with Crippen molar-refractivity contribution in [2.24, 2.45) is 5.11 Å². The van der Waals surface area contributed by atoms with Gasteiger partial charge in [-0.05, 0) is 29.8 Å². The molecule has 0 saturated heterocycles. The Kier molecular flexibility index (Phi) is 3.91. The van der Waals surface area contributed by atoms with E-state index in [1.165, 1.54) is 18.3 Å². The van der Waals surface area contributed by atoms with E-state index in [1.54, 1.807) is 6.07 Å². The zero-order valence-electron chi connectivity index (χ0n) is 10.4. The summed E-state index contributed by atoms with van der Waals surface area (Å²) in [6.07, 6.45) is -3.43. The van der Waals surface area contributed by atoms with Crippen LogP contribution in [0.2, 0.25) is 0 Å². The monoisotopic (exact) mass is 292 g/mol. The number of rotatable bonds is 3. The lowest BCUT2D eigenvalue weighted by atomic mass is 10.00. The molecule has 21 heavy (non-hydrogen) atoms. The predicted molar refractivity (Wildman–Crippen MR) is 67.9 cm³/mol. The number of nitrogens with zero attached hydrogens (tertiary/aromatic N) is 4. The zero-order chi connectivity index (χ0) is 15.5. The maximum atomic E-state index is 13.0. The highest BCUT2D eigenvalue weighted by Crippen LogP contribution is 2.35. The van der Waals surface area contributed by atoms with Gasteiger partial charge in [-0.15, -0.1) is 0 Å². The number of ketones is 1. The predicted octanol–water partition coefficient (Wildman–Crippen LogP) is 4.27. The fourth-order valence-electron chi connectivity index (χ4n) is 1.71. The molecule has 1 aromatic heterocycles. The molecule has 0 bridgehead atoms. The average Bonchev–Trinajstić information content (AvgIpc) is 2.47. The van der Waals surface area contributed by atoms with Crippen molar-refractivity contribution in [3.8, 4) is 0 Å². The summed E-state index contributed by atoms with van der Waals surface area (Å²) >= 11 is 0. The van der Waals surface area contributed by atoms with Crippen LogP contribution in [0.4, 0.5) is 18.9 Å². The van der Waals surface area contributed by atoms with E-state index in [-0.39, 0.29) is 11.4 Å². The standard InChI is InChI=1S/C13H7F3N4O/c14-13(15,16)10-7-8(19-20-17)4-5-9(10)12(21)11-3-1-2-6-18-11/h1-7H. The lowest BCUT2D eigenvalue weighted by molar-refractivity contribution is -0.137. The van der Waals surface area contributed by atoms with Crippen LogP contribution in [0, 0.1) is 0 Å². The Bertz CT molecular complexity index is 722. The number of alkyl halides is 3. The highest BCUT2D eigenvalue weighted by molar-refractivity contribution is 6.08. The minimum atomic E-state index is -4.75. The fraction of sp³-hybridized carbons (Fsp3) is 0.0769. The number of carbonyl (C=O) groups excluding carboxylic acids is 1. The molecule has 2 aromatic rings. The molecule has 0 saturated carbocycles. The third-order valence-corrected chi connectivity index (χ3v) is 2.61. The Morgan fingerprint density at radius 2 is 2.00 bits per heavy atom. The molecule has 0 spiro atoms. The summed E-state index contributed by atoms with van der Waals surface area (Å²) in [5, 5.41) is 3.11. The summed E-state index contributed by atoms with van der Waals surface area (Å²) in [6.45, 7) is 0. The lowest BCUT2D eigenvalue weighted by Crippen LogP contribution is -2.14. The number of aromatic nitrogens is 1. The number of carbonyl (C=O) groups is 1. The third kappa shape index (κ3) is 3.18. The van der Waals surface area contributed by atoms with E-state index in [4.69, 9.17) is 5.53 Å². The molecule has 0 aliphatic rings. The van der Waals surface area contributed by atoms with E-state index in [0.29, 0.717) is 6.07 Å². The molecule has 0 amide bonds. The summed E-state index contributed by atoms with van der Waals surface area (Å²) in [7, 11) is 0. The SMILES string of the molecule is [N-]=[N+]=Nc1ccc(C(=O)c2ccccn2)c(C(F)(F)F)c1. The molecule has 0 aliphatic heterocycles. The number of pyridine rings is 1. The van der Waals surface area contributed by atoms with Gasteiger partial charge in [0.1, 0.15) is 5.69 Å². The molecular formula is C13H7F3N4O. The van der Waals surface area contributed by atoms with Gasteiger partial charge in [0.05, 0.1) is 5.56 Å². The van der Waals surface area contributed by atoms with Crippen LogP contribution < -0.4 is 0 Å². The molecule has 0 radical (unpaired) electrons. The van der Waals surface area contributed by atoms with Gasteiger partial charge in [0.15, 0.2) is 0 Å². The Labute approximate surface area is 116 Å². The van der Waals surface area contributed by atoms with E-state index >= 15 is 0 Å². The van der Waals surface area contributed by atoms with E-state index in [2.05, 4.69) is 15.0 Å². The maximum Gasteiger partial charge on any atom is 0.417 e. The number of benzene rings is 1. The summed E-state index contributed by atoms with van der Waals surface area (Å²) in [6, 6.07) is 7.13. The summed E-state index contributed by atoms with van der Waals surface area (Å²) in [4.78, 5) is 18.3. The third-order valence-electron chi connectivity index (χ3n) is 2.61. The molecule has 1 heterocycles. The van der Waals surface area contributed by atoms with E-state index in [9.17, 15) is 18.0 Å². The van der Waals surface area contributed by atoms with Crippen molar-refractivity contribution in [3.05, 3.63) is 69.9 Å². The molecule has 0 aliphatic carbocycles. The van der Waals surface area contributed by atoms with Crippen LogP contribution in [0.5, 0.6) is 0 Å². The molecular weight excluding hydrogens is 285 g/mol. The van der Waals surface area contributed by atoms with Crippen molar-refractivity contribution in [2.45, 2.75) is 6.18 Å². The number of halogens is 3. The van der Waals surface area contributed by atoms with Gasteiger partial charge in [0.2, 0.25) is 5.78 Å². The highest BCUT2D eigenvalue weighted by Gasteiger charge is 2.35. The Balaban J connectivity index is 2.58. The van der Waals surface area contributed by atoms with Gasteiger partial charge in [-0.1, -0.05) is 17.2 Å². The van der Waals surface area contributed by atoms with Gasteiger partial charge in [0.25, 0.3) is 0 Å². The molecule has 0 fully saturated rings. The Morgan fingerprint density at radius 1 is 1.24 bits per heavy atom. The molecule has 106 valence electrons. The van der Waals surface area contributed by atoms with Crippen molar-refractivity contribution in [1.82, 2.24) is 4.98 Å². The van der Waals surface area contributed by atoms with E-state index in [0.717, 1.165) is 12.1 Å². The van der Waals surface area contributed by atoms with Crippen molar-refractivity contribution in [2.75, 3.05) is 0 Å². The van der Waals surface area contributed by atoms with Gasteiger partial charge < -0.3 is 0 Å². The summed E-state index contributed by atoms with van der Waals surface area (Å²) < 4.78 is 39.1. The zero-order valence-corrected chi connectivity index (χ0v) is 10.4. The van der Waals surface area contributed by atoms with Crippen molar-refractivity contribution in [3.63, 3.8) is 0 Å². The highest BCUT2D eigenvalue weighted by atomic mass is 19.4. The van der Waals surface area contributed by atoms with Gasteiger partial charge >= 0.3 is 6.18 Å². The molecule has 5 nitrogen and oxygen atoms in total. The molecule has 0 atom stereocenters. The first kappa shape index (κ1) is 14.5. The Morgan fingerprint density at radius 3 is 2.57 bits per heavy atom. The van der Waals surface area contributed by atoms with Crippen LogP contribution in [-0.4, -0.2) is 10.8 Å². The molecule has 1 aromatic carbocycles. The number of hydrogen-bond donors (Lipinski definition) is 0. The van der Waals surface area contributed by atoms with Crippen molar-refractivity contribution < 1.29 is 18.0 Å². The largest absolute Gasteiger partial charge is 0.417 e. The lowest BCUT2D eigenvalue weighted by Gasteiger charge is -2.12. The first-order valence-electron chi connectivity index (χ1n) is 5.65. The molecule has 2 rings (SSSR count). The van der Waals surface area contributed by atoms with E-state index in [1.807, 2.05) is 0 Å². The topological polar surface area (TPSA) is 78.7 Å². The summed E-state index contributed by atoms with van der Waals surface area (Å²) in [5.74, 6) is -0.851. The van der Waals surface area contributed by atoms with Crippen LogP contribution >= 0.6 is 0 Å². The van der Waals surface area contributed by atoms with Crippen LogP contribution in [0.3, 0.4) is 0 Å². The fourth-order valence-corrected chi connectivity index (χ4v) is 1.71. The van der Waals surface area contributed by atoms with Crippen LogP contribution in [0.1, 0.15) is 21.6 Å². The minimum Gasteiger partial charge on any atom is -0.287 e. The summed E-state index contributed by atoms with van der Waals surface area (Å²) in [5.41, 5.74) is 6.25. The van der Waals surface area contributed by atoms with Gasteiger partial charge in [-0.25, -0.2) is 0 Å².